The lowest BCUT2D eigenvalue weighted by atomic mass is 10.1. The third-order valence-corrected chi connectivity index (χ3v) is 5.65. The Labute approximate surface area is 179 Å². The van der Waals surface area contributed by atoms with Crippen LogP contribution in [0.2, 0.25) is 10.0 Å². The predicted molar refractivity (Wildman–Crippen MR) is 105 cm³/mol. The average Bonchev–Trinajstić information content (AvgIpc) is 2.81. The zero-order valence-electron chi connectivity index (χ0n) is 15.8. The first-order valence-corrected chi connectivity index (χ1v) is 10.2. The van der Waals surface area contributed by atoms with Crippen LogP contribution in [0.15, 0.2) is 12.1 Å². The van der Waals surface area contributed by atoms with Gasteiger partial charge in [0.15, 0.2) is 11.0 Å². The Morgan fingerprint density at radius 1 is 0.880 bits per heavy atom. The Kier molecular flexibility index (Phi) is 10.7. The molecule has 0 N–H and O–H groups in total. The summed E-state index contributed by atoms with van der Waals surface area (Å²) in [5, 5.41) is 1.28. The van der Waals surface area contributed by atoms with E-state index in [1.165, 1.54) is 68.2 Å². The molecule has 5 heteroatoms. The van der Waals surface area contributed by atoms with Gasteiger partial charge in [0.1, 0.15) is 0 Å². The summed E-state index contributed by atoms with van der Waals surface area (Å²) in [4.78, 5) is 0. The summed E-state index contributed by atoms with van der Waals surface area (Å²) >= 11 is 12.5. The molecule has 1 aromatic carbocycles. The fourth-order valence-electron chi connectivity index (χ4n) is 3.54. The van der Waals surface area contributed by atoms with Crippen LogP contribution in [0.1, 0.15) is 71.0 Å². The molecule has 0 unspecified atom stereocenters. The second-order valence-corrected chi connectivity index (χ2v) is 7.49. The van der Waals surface area contributed by atoms with E-state index in [0.717, 1.165) is 13.1 Å². The Balaban J connectivity index is 0.00000312. The van der Waals surface area contributed by atoms with Crippen LogP contribution < -0.4 is 28.5 Å². The SMILES string of the molecule is CCCCCCCCCC[n+]1c(C)n(CC)c2cc(Cl)c(Cl)cc21.[I-]. The topological polar surface area (TPSA) is 8.81 Å². The largest absolute Gasteiger partial charge is 1.00 e. The maximum Gasteiger partial charge on any atom is 0.254 e. The quantitative estimate of drug-likeness (QED) is 0.269. The van der Waals surface area contributed by atoms with Gasteiger partial charge in [-0.05, 0) is 19.8 Å². The van der Waals surface area contributed by atoms with Crippen LogP contribution in [0.4, 0.5) is 0 Å². The number of rotatable bonds is 10. The van der Waals surface area contributed by atoms with Crippen molar-refractivity contribution in [2.75, 3.05) is 0 Å². The highest BCUT2D eigenvalue weighted by Crippen LogP contribution is 2.27. The van der Waals surface area contributed by atoms with Crippen molar-refractivity contribution >= 4 is 34.2 Å². The first-order chi connectivity index (χ1) is 11.6. The lowest BCUT2D eigenvalue weighted by Crippen LogP contribution is -3.00. The minimum atomic E-state index is 0. The molecule has 0 aliphatic rings. The van der Waals surface area contributed by atoms with E-state index in [-0.39, 0.29) is 24.0 Å². The van der Waals surface area contributed by atoms with Crippen molar-refractivity contribution in [3.63, 3.8) is 0 Å². The molecule has 0 aliphatic carbocycles. The smallest absolute Gasteiger partial charge is 0.254 e. The zero-order chi connectivity index (χ0) is 17.5. The van der Waals surface area contributed by atoms with Crippen molar-refractivity contribution in [2.45, 2.75) is 85.2 Å². The summed E-state index contributed by atoms with van der Waals surface area (Å²) < 4.78 is 4.72. The van der Waals surface area contributed by atoms with Crippen LogP contribution in [0.5, 0.6) is 0 Å². The molecule has 0 saturated heterocycles. The van der Waals surface area contributed by atoms with Gasteiger partial charge in [0.05, 0.1) is 23.1 Å². The molecule has 1 heterocycles. The summed E-state index contributed by atoms with van der Waals surface area (Å²) in [5.41, 5.74) is 2.38. The van der Waals surface area contributed by atoms with Crippen LogP contribution in [0, 0.1) is 6.92 Å². The number of aryl methyl sites for hydroxylation is 2. The van der Waals surface area contributed by atoms with Crippen molar-refractivity contribution in [1.82, 2.24) is 4.57 Å². The van der Waals surface area contributed by atoms with Gasteiger partial charge in [-0.1, -0.05) is 68.7 Å². The number of benzene rings is 1. The highest BCUT2D eigenvalue weighted by molar-refractivity contribution is 6.42. The first kappa shape index (κ1) is 23.0. The van der Waals surface area contributed by atoms with Gasteiger partial charge in [0.2, 0.25) is 0 Å². The van der Waals surface area contributed by atoms with Crippen molar-refractivity contribution in [3.8, 4) is 0 Å². The molecule has 0 saturated carbocycles. The number of imidazole rings is 1. The maximum atomic E-state index is 6.25. The van der Waals surface area contributed by atoms with E-state index >= 15 is 0 Å². The summed E-state index contributed by atoms with van der Waals surface area (Å²) in [6.07, 6.45) is 10.8. The van der Waals surface area contributed by atoms with Crippen LogP contribution in [0.25, 0.3) is 11.0 Å². The van der Waals surface area contributed by atoms with Crippen molar-refractivity contribution in [3.05, 3.63) is 28.0 Å². The average molecular weight is 497 g/mol. The number of nitrogens with zero attached hydrogens (tertiary/aromatic N) is 2. The number of aromatic nitrogens is 2. The molecule has 0 atom stereocenters. The molecule has 0 aliphatic heterocycles. The van der Waals surface area contributed by atoms with E-state index in [0.29, 0.717) is 10.0 Å². The lowest BCUT2D eigenvalue weighted by Gasteiger charge is -2.03. The minimum Gasteiger partial charge on any atom is -1.00 e. The zero-order valence-corrected chi connectivity index (χ0v) is 19.4. The van der Waals surface area contributed by atoms with Gasteiger partial charge in [-0.25, -0.2) is 9.13 Å². The van der Waals surface area contributed by atoms with Gasteiger partial charge in [-0.2, -0.15) is 0 Å². The second-order valence-electron chi connectivity index (χ2n) is 6.67. The number of unbranched alkanes of at least 4 members (excludes halogenated alkanes) is 7. The van der Waals surface area contributed by atoms with Crippen LogP contribution in [0.3, 0.4) is 0 Å². The van der Waals surface area contributed by atoms with Gasteiger partial charge in [-0.15, -0.1) is 0 Å². The molecule has 2 aromatic rings. The lowest BCUT2D eigenvalue weighted by molar-refractivity contribution is -0.678. The molecule has 25 heavy (non-hydrogen) atoms. The molecule has 0 spiro atoms. The third kappa shape index (κ3) is 6.00. The van der Waals surface area contributed by atoms with Crippen molar-refractivity contribution in [1.29, 1.82) is 0 Å². The highest BCUT2D eigenvalue weighted by atomic mass is 127. The molecule has 2 nitrogen and oxygen atoms in total. The normalized spacial score (nSPS) is 11.1. The van der Waals surface area contributed by atoms with Crippen molar-refractivity contribution < 1.29 is 28.5 Å². The van der Waals surface area contributed by atoms with Crippen LogP contribution >= 0.6 is 23.2 Å². The van der Waals surface area contributed by atoms with Gasteiger partial charge >= 0.3 is 0 Å². The summed E-state index contributed by atoms with van der Waals surface area (Å²) in [6, 6.07) is 4.02. The van der Waals surface area contributed by atoms with E-state index in [1.807, 2.05) is 12.1 Å². The van der Waals surface area contributed by atoms with E-state index in [9.17, 15) is 0 Å². The number of hydrogen-bond acceptors (Lipinski definition) is 0. The molecule has 0 amide bonds. The standard InChI is InChI=1S/C20H31Cl2N2.HI/c1-4-6-7-8-9-10-11-12-13-24-16(3)23(5-2)19-14-17(21)18(22)15-20(19)24;/h14-15H,4-13H2,1-3H3;1H/q+1;/p-1. The molecule has 2 rings (SSSR count). The molecule has 1 aromatic heterocycles. The van der Waals surface area contributed by atoms with E-state index in [2.05, 4.69) is 29.9 Å². The van der Waals surface area contributed by atoms with Crippen LogP contribution in [-0.4, -0.2) is 4.57 Å². The maximum absolute atomic E-state index is 6.25. The molecular formula is C20H31Cl2IN2. The molecule has 142 valence electrons. The van der Waals surface area contributed by atoms with Gasteiger partial charge in [0, 0.05) is 19.1 Å². The van der Waals surface area contributed by atoms with Gasteiger partial charge in [0.25, 0.3) is 5.82 Å². The van der Waals surface area contributed by atoms with E-state index < -0.39 is 0 Å². The minimum absolute atomic E-state index is 0. The molecule has 0 fully saturated rings. The highest BCUT2D eigenvalue weighted by Gasteiger charge is 2.21. The number of hydrogen-bond donors (Lipinski definition) is 0. The predicted octanol–water partition coefficient (Wildman–Crippen LogP) is 3.71. The van der Waals surface area contributed by atoms with Gasteiger partial charge in [-0.3, -0.25) is 0 Å². The summed E-state index contributed by atoms with van der Waals surface area (Å²) in [5.74, 6) is 1.29. The van der Waals surface area contributed by atoms with E-state index in [1.54, 1.807) is 0 Å². The number of halogens is 3. The molecular weight excluding hydrogens is 466 g/mol. The van der Waals surface area contributed by atoms with Gasteiger partial charge < -0.3 is 24.0 Å². The van der Waals surface area contributed by atoms with Crippen LogP contribution in [-0.2, 0) is 13.1 Å². The fourth-order valence-corrected chi connectivity index (χ4v) is 3.85. The first-order valence-electron chi connectivity index (χ1n) is 9.47. The fraction of sp³-hybridized carbons (Fsp3) is 0.650. The second kappa shape index (κ2) is 11.7. The van der Waals surface area contributed by atoms with E-state index in [4.69, 9.17) is 23.2 Å². The summed E-state index contributed by atoms with van der Waals surface area (Å²) in [6.45, 7) is 8.64. The summed E-state index contributed by atoms with van der Waals surface area (Å²) in [7, 11) is 0. The Morgan fingerprint density at radius 3 is 2.04 bits per heavy atom. The monoisotopic (exact) mass is 496 g/mol. The number of fused-ring (bicyclic) bond motifs is 1. The third-order valence-electron chi connectivity index (χ3n) is 4.93. The Morgan fingerprint density at radius 2 is 1.44 bits per heavy atom. The Bertz CT molecular complexity index is 667. The van der Waals surface area contributed by atoms with Crippen molar-refractivity contribution in [2.24, 2.45) is 0 Å². The molecule has 0 bridgehead atoms. The Hall–Kier alpha value is -0.000000000000000111. The molecule has 0 radical (unpaired) electrons.